The molecule has 1 rings (SSSR count). The first kappa shape index (κ1) is 14.3. The molecule has 1 amide bonds. The molecule has 0 aliphatic carbocycles. The van der Waals surface area contributed by atoms with Gasteiger partial charge in [0.15, 0.2) is 0 Å². The van der Waals surface area contributed by atoms with Crippen molar-refractivity contribution in [1.29, 1.82) is 0 Å². The van der Waals surface area contributed by atoms with E-state index in [1.54, 1.807) is 6.92 Å². The van der Waals surface area contributed by atoms with Crippen molar-refractivity contribution in [3.63, 3.8) is 0 Å². The second-order valence-corrected chi connectivity index (χ2v) is 4.05. The van der Waals surface area contributed by atoms with Crippen LogP contribution < -0.4 is 5.32 Å². The second kappa shape index (κ2) is 6.26. The Bertz CT molecular complexity index is 461. The number of halogens is 1. The van der Waals surface area contributed by atoms with E-state index in [0.29, 0.717) is 5.02 Å². The van der Waals surface area contributed by atoms with Crippen LogP contribution in [0, 0.1) is 0 Å². The van der Waals surface area contributed by atoms with Crippen LogP contribution in [0.1, 0.15) is 24.2 Å². The first-order valence-corrected chi connectivity index (χ1v) is 5.79. The van der Waals surface area contributed by atoms with Crippen molar-refractivity contribution in [3.05, 3.63) is 28.8 Å². The lowest BCUT2D eigenvalue weighted by atomic mass is 10.2. The molecular formula is C12H14ClNO4. The number of ether oxygens (including phenoxy) is 1. The third kappa shape index (κ3) is 3.63. The predicted octanol–water partition coefficient (Wildman–Crippen LogP) is 1.73. The zero-order valence-corrected chi connectivity index (χ0v) is 10.8. The lowest BCUT2D eigenvalue weighted by Crippen LogP contribution is -2.39. The highest BCUT2D eigenvalue weighted by atomic mass is 35.5. The van der Waals surface area contributed by atoms with Crippen molar-refractivity contribution in [2.24, 2.45) is 0 Å². The Balaban J connectivity index is 2.73. The van der Waals surface area contributed by atoms with Gasteiger partial charge in [0.2, 0.25) is 0 Å². The van der Waals surface area contributed by atoms with Crippen LogP contribution >= 0.6 is 11.6 Å². The molecule has 1 aromatic rings. The monoisotopic (exact) mass is 271 g/mol. The molecule has 18 heavy (non-hydrogen) atoms. The van der Waals surface area contributed by atoms with E-state index in [1.807, 2.05) is 0 Å². The smallest absolute Gasteiger partial charge is 0.328 e. The van der Waals surface area contributed by atoms with E-state index >= 15 is 0 Å². The molecule has 0 saturated carbocycles. The zero-order valence-electron chi connectivity index (χ0n) is 10.1. The summed E-state index contributed by atoms with van der Waals surface area (Å²) in [5, 5.41) is 12.3. The molecule has 0 saturated heterocycles. The van der Waals surface area contributed by atoms with Gasteiger partial charge in [0.25, 0.3) is 5.91 Å². The van der Waals surface area contributed by atoms with Crippen molar-refractivity contribution in [3.8, 4) is 5.75 Å². The summed E-state index contributed by atoms with van der Waals surface area (Å²) < 4.78 is 4.75. The fourth-order valence-corrected chi connectivity index (χ4v) is 1.46. The van der Waals surface area contributed by atoms with Gasteiger partial charge in [-0.15, -0.1) is 0 Å². The van der Waals surface area contributed by atoms with Crippen molar-refractivity contribution in [2.45, 2.75) is 19.9 Å². The molecule has 0 heterocycles. The lowest BCUT2D eigenvalue weighted by Gasteiger charge is -2.13. The van der Waals surface area contributed by atoms with E-state index < -0.39 is 17.9 Å². The third-order valence-electron chi connectivity index (χ3n) is 2.19. The molecule has 5 nitrogen and oxygen atoms in total. The zero-order chi connectivity index (χ0) is 13.7. The van der Waals surface area contributed by atoms with Gasteiger partial charge >= 0.3 is 5.97 Å². The largest absolute Gasteiger partial charge is 0.507 e. The van der Waals surface area contributed by atoms with E-state index in [4.69, 9.17) is 16.3 Å². The fraction of sp³-hybridized carbons (Fsp3) is 0.333. The number of carbonyl (C=O) groups is 2. The highest BCUT2D eigenvalue weighted by Crippen LogP contribution is 2.21. The van der Waals surface area contributed by atoms with Crippen LogP contribution in [-0.2, 0) is 9.53 Å². The SMILES string of the molecule is CCOC(=O)C(C)NC(=O)c1ccc(Cl)cc1O. The molecule has 0 aliphatic rings. The first-order chi connectivity index (χ1) is 8.45. The summed E-state index contributed by atoms with van der Waals surface area (Å²) in [6, 6.07) is 3.33. The number of nitrogens with one attached hydrogen (secondary N) is 1. The molecule has 0 spiro atoms. The number of rotatable bonds is 4. The van der Waals surface area contributed by atoms with Crippen molar-refractivity contribution < 1.29 is 19.4 Å². The van der Waals surface area contributed by atoms with Gasteiger partial charge in [-0.2, -0.15) is 0 Å². The Labute approximate surface area is 110 Å². The van der Waals surface area contributed by atoms with Crippen LogP contribution in [0.5, 0.6) is 5.75 Å². The minimum Gasteiger partial charge on any atom is -0.507 e. The summed E-state index contributed by atoms with van der Waals surface area (Å²) in [7, 11) is 0. The molecule has 2 N–H and O–H groups in total. The van der Waals surface area contributed by atoms with Crippen LogP contribution in [-0.4, -0.2) is 29.6 Å². The summed E-state index contributed by atoms with van der Waals surface area (Å²) in [6.45, 7) is 3.42. The van der Waals surface area contributed by atoms with E-state index in [9.17, 15) is 14.7 Å². The van der Waals surface area contributed by atoms with Gasteiger partial charge in [0.1, 0.15) is 11.8 Å². The third-order valence-corrected chi connectivity index (χ3v) is 2.43. The number of hydrogen-bond donors (Lipinski definition) is 2. The number of phenols is 1. The fourth-order valence-electron chi connectivity index (χ4n) is 1.30. The lowest BCUT2D eigenvalue weighted by molar-refractivity contribution is -0.144. The molecule has 0 aromatic heterocycles. The Morgan fingerprint density at radius 1 is 1.50 bits per heavy atom. The van der Waals surface area contributed by atoms with Gasteiger partial charge in [-0.05, 0) is 32.0 Å². The molecule has 0 fully saturated rings. The molecule has 1 atom stereocenters. The second-order valence-electron chi connectivity index (χ2n) is 3.61. The molecule has 0 aliphatic heterocycles. The van der Waals surface area contributed by atoms with Gasteiger partial charge in [-0.1, -0.05) is 11.6 Å². The van der Waals surface area contributed by atoms with Crippen LogP contribution in [0.25, 0.3) is 0 Å². The van der Waals surface area contributed by atoms with Gasteiger partial charge < -0.3 is 15.2 Å². The summed E-state index contributed by atoms with van der Waals surface area (Å²) in [4.78, 5) is 23.1. The van der Waals surface area contributed by atoms with Crippen molar-refractivity contribution >= 4 is 23.5 Å². The number of benzene rings is 1. The van der Waals surface area contributed by atoms with E-state index in [0.717, 1.165) is 0 Å². The molecule has 0 radical (unpaired) electrons. The number of esters is 1. The minimum absolute atomic E-state index is 0.0514. The van der Waals surface area contributed by atoms with E-state index in [2.05, 4.69) is 5.32 Å². The van der Waals surface area contributed by atoms with Crippen LogP contribution in [0.2, 0.25) is 5.02 Å². The Kier molecular flexibility index (Phi) is 4.97. The average Bonchev–Trinajstić information content (AvgIpc) is 2.28. The predicted molar refractivity (Wildman–Crippen MR) is 66.7 cm³/mol. The summed E-state index contributed by atoms with van der Waals surface area (Å²) in [6.07, 6.45) is 0. The standard InChI is InChI=1S/C12H14ClNO4/c1-3-18-12(17)7(2)14-11(16)9-5-4-8(13)6-10(9)15/h4-7,15H,3H2,1-2H3,(H,14,16). The Hall–Kier alpha value is -1.75. The van der Waals surface area contributed by atoms with Gasteiger partial charge in [-0.25, -0.2) is 4.79 Å². The molecule has 98 valence electrons. The highest BCUT2D eigenvalue weighted by Gasteiger charge is 2.19. The topological polar surface area (TPSA) is 75.6 Å². The quantitative estimate of drug-likeness (QED) is 0.818. The molecular weight excluding hydrogens is 258 g/mol. The van der Waals surface area contributed by atoms with Gasteiger partial charge in [0, 0.05) is 5.02 Å². The number of amides is 1. The maximum absolute atomic E-state index is 11.8. The van der Waals surface area contributed by atoms with Crippen LogP contribution in [0.15, 0.2) is 18.2 Å². The van der Waals surface area contributed by atoms with Gasteiger partial charge in [-0.3, -0.25) is 4.79 Å². The number of aromatic hydroxyl groups is 1. The van der Waals surface area contributed by atoms with E-state index in [-0.39, 0.29) is 17.9 Å². The molecule has 1 aromatic carbocycles. The number of hydrogen-bond acceptors (Lipinski definition) is 4. The van der Waals surface area contributed by atoms with Crippen LogP contribution in [0.4, 0.5) is 0 Å². The van der Waals surface area contributed by atoms with E-state index in [1.165, 1.54) is 25.1 Å². The molecule has 0 bridgehead atoms. The summed E-state index contributed by atoms with van der Waals surface area (Å²) in [5.74, 6) is -1.33. The van der Waals surface area contributed by atoms with Crippen molar-refractivity contribution in [2.75, 3.05) is 6.61 Å². The summed E-state index contributed by atoms with van der Waals surface area (Å²) in [5.41, 5.74) is 0.0514. The number of carbonyl (C=O) groups excluding carboxylic acids is 2. The summed E-state index contributed by atoms with van der Waals surface area (Å²) >= 11 is 5.65. The molecule has 6 heteroatoms. The number of phenolic OH excluding ortho intramolecular Hbond substituents is 1. The van der Waals surface area contributed by atoms with Crippen molar-refractivity contribution in [1.82, 2.24) is 5.32 Å². The minimum atomic E-state index is -0.785. The normalized spacial score (nSPS) is 11.7. The Morgan fingerprint density at radius 3 is 2.72 bits per heavy atom. The first-order valence-electron chi connectivity index (χ1n) is 5.41. The molecule has 1 unspecified atom stereocenters. The van der Waals surface area contributed by atoms with Crippen LogP contribution in [0.3, 0.4) is 0 Å². The maximum atomic E-state index is 11.8. The Morgan fingerprint density at radius 2 is 2.17 bits per heavy atom. The van der Waals surface area contributed by atoms with Gasteiger partial charge in [0.05, 0.1) is 12.2 Å². The maximum Gasteiger partial charge on any atom is 0.328 e. The highest BCUT2D eigenvalue weighted by molar-refractivity contribution is 6.30. The average molecular weight is 272 g/mol.